The minimum atomic E-state index is -3.73. The van der Waals surface area contributed by atoms with E-state index in [1.807, 2.05) is 44.2 Å². The van der Waals surface area contributed by atoms with Crippen LogP contribution in [0.2, 0.25) is 0 Å². The predicted octanol–water partition coefficient (Wildman–Crippen LogP) is 4.18. The monoisotopic (exact) mass is 409 g/mol. The molecule has 3 rings (SSSR count). The van der Waals surface area contributed by atoms with E-state index in [2.05, 4.69) is 4.72 Å². The molecule has 150 valence electrons. The van der Waals surface area contributed by atoms with Crippen molar-refractivity contribution in [2.45, 2.75) is 24.8 Å². The fourth-order valence-corrected chi connectivity index (χ4v) is 3.91. The standard InChI is InChI=1S/C23H23NO4S/c1-17-12-14-20(15-13-17)29(26,27)24-16-22(19-9-4-3-5-10-19)28-23(25)21-11-7-6-8-18(21)2/h3-15,22,24H,16H2,1-2H3. The van der Waals surface area contributed by atoms with Crippen LogP contribution in [0.1, 0.15) is 33.2 Å². The summed E-state index contributed by atoms with van der Waals surface area (Å²) in [6.45, 7) is 3.65. The maximum Gasteiger partial charge on any atom is 0.339 e. The van der Waals surface area contributed by atoms with E-state index in [0.717, 1.165) is 11.1 Å². The van der Waals surface area contributed by atoms with Crippen LogP contribution in [0, 0.1) is 13.8 Å². The lowest BCUT2D eigenvalue weighted by Gasteiger charge is -2.20. The Morgan fingerprint density at radius 3 is 2.17 bits per heavy atom. The molecule has 3 aromatic rings. The number of carbonyl (C=O) groups is 1. The van der Waals surface area contributed by atoms with Crippen molar-refractivity contribution >= 4 is 16.0 Å². The van der Waals surface area contributed by atoms with E-state index in [1.54, 1.807) is 48.5 Å². The molecule has 3 aromatic carbocycles. The third-order valence-electron chi connectivity index (χ3n) is 4.58. The van der Waals surface area contributed by atoms with Gasteiger partial charge in [-0.05, 0) is 43.2 Å². The van der Waals surface area contributed by atoms with Crippen LogP contribution in [-0.4, -0.2) is 20.9 Å². The van der Waals surface area contributed by atoms with Gasteiger partial charge in [0.1, 0.15) is 6.10 Å². The van der Waals surface area contributed by atoms with E-state index >= 15 is 0 Å². The Hall–Kier alpha value is -2.96. The molecular weight excluding hydrogens is 386 g/mol. The maximum absolute atomic E-state index is 12.7. The molecule has 6 heteroatoms. The lowest BCUT2D eigenvalue weighted by atomic mass is 10.1. The summed E-state index contributed by atoms with van der Waals surface area (Å²) in [6.07, 6.45) is -0.761. The highest BCUT2D eigenvalue weighted by atomic mass is 32.2. The lowest BCUT2D eigenvalue weighted by molar-refractivity contribution is 0.0307. The summed E-state index contributed by atoms with van der Waals surface area (Å²) in [5.41, 5.74) is 2.93. The van der Waals surface area contributed by atoms with Crippen molar-refractivity contribution in [2.24, 2.45) is 0 Å². The normalized spacial score (nSPS) is 12.3. The molecule has 0 amide bonds. The zero-order chi connectivity index (χ0) is 20.9. The van der Waals surface area contributed by atoms with Gasteiger partial charge < -0.3 is 4.74 Å². The molecule has 0 saturated carbocycles. The van der Waals surface area contributed by atoms with Gasteiger partial charge in [-0.2, -0.15) is 0 Å². The highest BCUT2D eigenvalue weighted by Crippen LogP contribution is 2.21. The largest absolute Gasteiger partial charge is 0.452 e. The van der Waals surface area contributed by atoms with Crippen LogP contribution in [0.5, 0.6) is 0 Å². The SMILES string of the molecule is Cc1ccc(S(=O)(=O)NCC(OC(=O)c2ccccc2C)c2ccccc2)cc1. The molecule has 0 bridgehead atoms. The Balaban J connectivity index is 1.80. The van der Waals surface area contributed by atoms with Gasteiger partial charge in [0.25, 0.3) is 0 Å². The number of rotatable bonds is 7. The minimum Gasteiger partial charge on any atom is -0.452 e. The van der Waals surface area contributed by atoms with Crippen LogP contribution in [0.15, 0.2) is 83.8 Å². The van der Waals surface area contributed by atoms with Crippen molar-refractivity contribution < 1.29 is 17.9 Å². The highest BCUT2D eigenvalue weighted by molar-refractivity contribution is 7.89. The molecule has 0 aliphatic heterocycles. The van der Waals surface area contributed by atoms with Gasteiger partial charge in [0.15, 0.2) is 0 Å². The van der Waals surface area contributed by atoms with E-state index in [4.69, 9.17) is 4.74 Å². The number of carbonyl (C=O) groups excluding carboxylic acids is 1. The molecule has 0 fully saturated rings. The van der Waals surface area contributed by atoms with Crippen molar-refractivity contribution in [3.8, 4) is 0 Å². The summed E-state index contributed by atoms with van der Waals surface area (Å²) in [4.78, 5) is 12.8. The van der Waals surface area contributed by atoms with E-state index in [9.17, 15) is 13.2 Å². The Morgan fingerprint density at radius 1 is 0.897 bits per heavy atom. The molecule has 1 N–H and O–H groups in total. The Kier molecular flexibility index (Phi) is 6.46. The lowest BCUT2D eigenvalue weighted by Crippen LogP contribution is -2.30. The van der Waals surface area contributed by atoms with Gasteiger partial charge in [-0.3, -0.25) is 0 Å². The van der Waals surface area contributed by atoms with Gasteiger partial charge in [0.05, 0.1) is 17.0 Å². The molecule has 1 unspecified atom stereocenters. The number of sulfonamides is 1. The number of benzene rings is 3. The minimum absolute atomic E-state index is 0.0716. The van der Waals surface area contributed by atoms with E-state index < -0.39 is 22.1 Å². The van der Waals surface area contributed by atoms with Gasteiger partial charge in [-0.15, -0.1) is 0 Å². The van der Waals surface area contributed by atoms with Crippen LogP contribution in [-0.2, 0) is 14.8 Å². The summed E-state index contributed by atoms with van der Waals surface area (Å²) < 4.78 is 33.5. The number of ether oxygens (including phenoxy) is 1. The van der Waals surface area contributed by atoms with Crippen molar-refractivity contribution in [1.29, 1.82) is 0 Å². The van der Waals surface area contributed by atoms with Gasteiger partial charge in [0.2, 0.25) is 10.0 Å². The molecule has 0 aliphatic rings. The van der Waals surface area contributed by atoms with Gasteiger partial charge in [0, 0.05) is 0 Å². The number of nitrogens with one attached hydrogen (secondary N) is 1. The first kappa shape index (κ1) is 20.8. The second kappa shape index (κ2) is 9.03. The maximum atomic E-state index is 12.7. The molecule has 0 saturated heterocycles. The molecule has 29 heavy (non-hydrogen) atoms. The summed E-state index contributed by atoms with van der Waals surface area (Å²) in [6, 6.07) is 22.8. The smallest absolute Gasteiger partial charge is 0.339 e. The number of hydrogen-bond donors (Lipinski definition) is 1. The molecule has 0 aliphatic carbocycles. The van der Waals surface area contributed by atoms with Gasteiger partial charge in [-0.25, -0.2) is 17.9 Å². The molecule has 0 aromatic heterocycles. The number of hydrogen-bond acceptors (Lipinski definition) is 4. The second-order valence-electron chi connectivity index (χ2n) is 6.78. The van der Waals surface area contributed by atoms with Crippen LogP contribution in [0.3, 0.4) is 0 Å². The Labute approximate surface area is 171 Å². The third-order valence-corrected chi connectivity index (χ3v) is 6.02. The van der Waals surface area contributed by atoms with Crippen molar-refractivity contribution in [3.05, 3.63) is 101 Å². The fraction of sp³-hybridized carbons (Fsp3) is 0.174. The van der Waals surface area contributed by atoms with Crippen molar-refractivity contribution in [1.82, 2.24) is 4.72 Å². The molecule has 0 radical (unpaired) electrons. The molecule has 0 spiro atoms. The average Bonchev–Trinajstić information content (AvgIpc) is 2.72. The fourth-order valence-electron chi connectivity index (χ4n) is 2.88. The predicted molar refractivity (Wildman–Crippen MR) is 112 cm³/mol. The first-order valence-corrected chi connectivity index (χ1v) is 10.7. The summed E-state index contributed by atoms with van der Waals surface area (Å²) >= 11 is 0. The van der Waals surface area contributed by atoms with Crippen LogP contribution >= 0.6 is 0 Å². The number of aryl methyl sites for hydroxylation is 2. The third kappa shape index (κ3) is 5.31. The van der Waals surface area contributed by atoms with Gasteiger partial charge >= 0.3 is 5.97 Å². The van der Waals surface area contributed by atoms with E-state index in [1.165, 1.54) is 0 Å². The summed E-state index contributed by atoms with van der Waals surface area (Å²) in [5, 5.41) is 0. The van der Waals surface area contributed by atoms with E-state index in [0.29, 0.717) is 11.1 Å². The first-order valence-electron chi connectivity index (χ1n) is 9.25. The van der Waals surface area contributed by atoms with E-state index in [-0.39, 0.29) is 11.4 Å². The van der Waals surface area contributed by atoms with Crippen LogP contribution in [0.4, 0.5) is 0 Å². The zero-order valence-corrected chi connectivity index (χ0v) is 17.1. The quantitative estimate of drug-likeness (QED) is 0.594. The van der Waals surface area contributed by atoms with Crippen LogP contribution in [0.25, 0.3) is 0 Å². The Morgan fingerprint density at radius 2 is 1.52 bits per heavy atom. The average molecular weight is 410 g/mol. The molecular formula is C23H23NO4S. The van der Waals surface area contributed by atoms with Crippen LogP contribution < -0.4 is 4.72 Å². The number of esters is 1. The van der Waals surface area contributed by atoms with Gasteiger partial charge in [-0.1, -0.05) is 66.2 Å². The molecule has 5 nitrogen and oxygen atoms in total. The Bertz CT molecular complexity index is 1080. The zero-order valence-electron chi connectivity index (χ0n) is 16.3. The molecule has 0 heterocycles. The van der Waals surface area contributed by atoms with Crippen molar-refractivity contribution in [2.75, 3.05) is 6.54 Å². The van der Waals surface area contributed by atoms with Crippen molar-refractivity contribution in [3.63, 3.8) is 0 Å². The molecule has 1 atom stereocenters. The summed E-state index contributed by atoms with van der Waals surface area (Å²) in [5.74, 6) is -0.494. The summed E-state index contributed by atoms with van der Waals surface area (Å²) in [7, 11) is -3.73. The first-order chi connectivity index (χ1) is 13.9. The second-order valence-corrected chi connectivity index (χ2v) is 8.55. The topological polar surface area (TPSA) is 72.5 Å². The highest BCUT2D eigenvalue weighted by Gasteiger charge is 2.22.